The summed E-state index contributed by atoms with van der Waals surface area (Å²) in [4.78, 5) is 25.8. The van der Waals surface area contributed by atoms with Crippen molar-refractivity contribution in [3.63, 3.8) is 0 Å². The Balaban J connectivity index is 1.86. The first kappa shape index (κ1) is 18.5. The average molecular weight is 405 g/mol. The molecule has 26 heavy (non-hydrogen) atoms. The van der Waals surface area contributed by atoms with Crippen LogP contribution in [-0.2, 0) is 0 Å². The van der Waals surface area contributed by atoms with Gasteiger partial charge >= 0.3 is 0 Å². The van der Waals surface area contributed by atoms with Gasteiger partial charge in [-0.3, -0.25) is 9.59 Å². The van der Waals surface area contributed by atoms with Crippen molar-refractivity contribution in [2.75, 3.05) is 5.32 Å². The first-order chi connectivity index (χ1) is 12.5. The Morgan fingerprint density at radius 3 is 2.35 bits per heavy atom. The van der Waals surface area contributed by atoms with Crippen molar-refractivity contribution in [3.05, 3.63) is 86.5 Å². The molecule has 2 aromatic carbocycles. The topological polar surface area (TPSA) is 58.2 Å². The van der Waals surface area contributed by atoms with E-state index < -0.39 is 6.17 Å². The molecule has 7 heteroatoms. The highest BCUT2D eigenvalue weighted by Gasteiger charge is 2.23. The van der Waals surface area contributed by atoms with E-state index >= 15 is 0 Å². The second-order valence-corrected chi connectivity index (χ2v) is 7.15. The van der Waals surface area contributed by atoms with E-state index in [1.54, 1.807) is 60.0 Å². The van der Waals surface area contributed by atoms with E-state index in [0.29, 0.717) is 26.2 Å². The van der Waals surface area contributed by atoms with Crippen molar-refractivity contribution in [2.45, 2.75) is 6.17 Å². The number of thiophene rings is 1. The predicted molar refractivity (Wildman–Crippen MR) is 106 cm³/mol. The minimum atomic E-state index is -0.954. The Morgan fingerprint density at radius 1 is 0.923 bits per heavy atom. The van der Waals surface area contributed by atoms with Crippen LogP contribution in [0.5, 0.6) is 0 Å². The quantitative estimate of drug-likeness (QED) is 0.443. The van der Waals surface area contributed by atoms with Crippen LogP contribution in [0.4, 0.5) is 5.69 Å². The summed E-state index contributed by atoms with van der Waals surface area (Å²) in [5, 5.41) is 8.32. The van der Waals surface area contributed by atoms with Gasteiger partial charge in [-0.15, -0.1) is 11.3 Å². The summed E-state index contributed by atoms with van der Waals surface area (Å²) in [5.74, 6) is -0.594. The Labute approximate surface area is 164 Å². The van der Waals surface area contributed by atoms with Gasteiger partial charge in [0, 0.05) is 11.3 Å². The van der Waals surface area contributed by atoms with Crippen LogP contribution in [0, 0.1) is 0 Å². The third kappa shape index (κ3) is 4.43. The van der Waals surface area contributed by atoms with Crippen molar-refractivity contribution >= 4 is 51.9 Å². The van der Waals surface area contributed by atoms with Crippen molar-refractivity contribution in [1.29, 1.82) is 0 Å². The molecular formula is C19H14Cl2N2O2S. The highest BCUT2D eigenvalue weighted by atomic mass is 35.5. The molecule has 0 spiro atoms. The molecule has 3 rings (SSSR count). The van der Waals surface area contributed by atoms with E-state index in [9.17, 15) is 9.59 Å². The van der Waals surface area contributed by atoms with Crippen LogP contribution in [0.1, 0.15) is 20.0 Å². The Bertz CT molecular complexity index is 915. The lowest BCUT2D eigenvalue weighted by Crippen LogP contribution is -2.46. The molecule has 1 aromatic heterocycles. The molecule has 0 fully saturated rings. The number of amides is 1. The number of anilines is 1. The van der Waals surface area contributed by atoms with Crippen LogP contribution >= 0.6 is 34.5 Å². The summed E-state index contributed by atoms with van der Waals surface area (Å²) < 4.78 is 0. The SMILES string of the molecule is O=C(N[C@H](Nc1ccc(Cl)c(Cl)c1)C(=O)c1ccccc1)c1cccs1. The molecule has 0 aliphatic carbocycles. The fourth-order valence-corrected chi connectivity index (χ4v) is 3.22. The molecule has 4 nitrogen and oxygen atoms in total. The number of hydrogen-bond acceptors (Lipinski definition) is 4. The lowest BCUT2D eigenvalue weighted by molar-refractivity contribution is 0.0872. The smallest absolute Gasteiger partial charge is 0.263 e. The van der Waals surface area contributed by atoms with E-state index in [4.69, 9.17) is 23.2 Å². The molecule has 0 saturated carbocycles. The highest BCUT2D eigenvalue weighted by Crippen LogP contribution is 2.25. The summed E-state index contributed by atoms with van der Waals surface area (Å²) in [7, 11) is 0. The number of nitrogens with one attached hydrogen (secondary N) is 2. The number of hydrogen-bond donors (Lipinski definition) is 2. The van der Waals surface area contributed by atoms with Crippen LogP contribution in [0.3, 0.4) is 0 Å². The molecule has 0 radical (unpaired) electrons. The summed E-state index contributed by atoms with van der Waals surface area (Å²) in [6, 6.07) is 17.1. The second-order valence-electron chi connectivity index (χ2n) is 5.39. The van der Waals surface area contributed by atoms with Gasteiger partial charge in [-0.25, -0.2) is 0 Å². The molecule has 1 atom stereocenters. The highest BCUT2D eigenvalue weighted by molar-refractivity contribution is 7.12. The van der Waals surface area contributed by atoms with E-state index in [1.165, 1.54) is 11.3 Å². The van der Waals surface area contributed by atoms with E-state index in [-0.39, 0.29) is 11.7 Å². The molecule has 1 heterocycles. The summed E-state index contributed by atoms with van der Waals surface area (Å²) in [6.45, 7) is 0. The standard InChI is InChI=1S/C19H14Cl2N2O2S/c20-14-9-8-13(11-15(14)21)22-18(17(24)12-5-2-1-3-6-12)23-19(25)16-7-4-10-26-16/h1-11,18,22H,(H,23,25)/t18-/m0/s1. The summed E-state index contributed by atoms with van der Waals surface area (Å²) in [5.41, 5.74) is 1.05. The van der Waals surface area contributed by atoms with E-state index in [1.807, 2.05) is 6.07 Å². The molecule has 0 saturated heterocycles. The molecule has 0 aliphatic rings. The van der Waals surface area contributed by atoms with Gasteiger partial charge in [-0.1, -0.05) is 59.6 Å². The normalized spacial score (nSPS) is 11.6. The molecule has 3 aromatic rings. The minimum Gasteiger partial charge on any atom is -0.359 e. The first-order valence-electron chi connectivity index (χ1n) is 7.70. The number of Topliss-reactive ketones (excluding diaryl/α,β-unsaturated/α-hetero) is 1. The predicted octanol–water partition coefficient (Wildman–Crippen LogP) is 5.11. The molecule has 2 N–H and O–H groups in total. The van der Waals surface area contributed by atoms with E-state index in [0.717, 1.165) is 0 Å². The Kier molecular flexibility index (Phi) is 5.93. The maximum Gasteiger partial charge on any atom is 0.263 e. The van der Waals surface area contributed by atoms with Crippen LogP contribution < -0.4 is 10.6 Å². The fourth-order valence-electron chi connectivity index (χ4n) is 2.30. The zero-order chi connectivity index (χ0) is 18.5. The number of ketones is 1. The van der Waals surface area contributed by atoms with Gasteiger partial charge in [-0.2, -0.15) is 0 Å². The molecule has 132 valence electrons. The van der Waals surface area contributed by atoms with Crippen molar-refractivity contribution < 1.29 is 9.59 Å². The van der Waals surface area contributed by atoms with E-state index in [2.05, 4.69) is 10.6 Å². The van der Waals surface area contributed by atoms with Crippen LogP contribution in [0.2, 0.25) is 10.0 Å². The van der Waals surface area contributed by atoms with Crippen LogP contribution in [0.15, 0.2) is 66.0 Å². The minimum absolute atomic E-state index is 0.262. The summed E-state index contributed by atoms with van der Waals surface area (Å²) in [6.07, 6.45) is -0.954. The maximum absolute atomic E-state index is 12.9. The van der Waals surface area contributed by atoms with Gasteiger partial charge in [0.1, 0.15) is 0 Å². The fraction of sp³-hybridized carbons (Fsp3) is 0.0526. The average Bonchev–Trinajstić information content (AvgIpc) is 3.19. The number of carbonyl (C=O) groups is 2. The van der Waals surface area contributed by atoms with Gasteiger partial charge in [0.05, 0.1) is 14.9 Å². The third-order valence-electron chi connectivity index (χ3n) is 3.57. The Hall–Kier alpha value is -2.34. The van der Waals surface area contributed by atoms with Gasteiger partial charge in [0.2, 0.25) is 5.78 Å². The van der Waals surface area contributed by atoms with Gasteiger partial charge < -0.3 is 10.6 Å². The molecule has 0 aliphatic heterocycles. The largest absolute Gasteiger partial charge is 0.359 e. The van der Waals surface area contributed by atoms with Crippen LogP contribution in [-0.4, -0.2) is 17.9 Å². The lowest BCUT2D eigenvalue weighted by Gasteiger charge is -2.20. The second kappa shape index (κ2) is 8.36. The van der Waals surface area contributed by atoms with Crippen molar-refractivity contribution in [1.82, 2.24) is 5.32 Å². The summed E-state index contributed by atoms with van der Waals surface area (Å²) >= 11 is 13.3. The number of carbonyl (C=O) groups excluding carboxylic acids is 2. The molecular weight excluding hydrogens is 391 g/mol. The van der Waals surface area contributed by atoms with Gasteiger partial charge in [0.15, 0.2) is 6.17 Å². The van der Waals surface area contributed by atoms with Gasteiger partial charge in [0.25, 0.3) is 5.91 Å². The van der Waals surface area contributed by atoms with Gasteiger partial charge in [-0.05, 0) is 29.6 Å². The van der Waals surface area contributed by atoms with Crippen LogP contribution in [0.25, 0.3) is 0 Å². The third-order valence-corrected chi connectivity index (χ3v) is 5.18. The number of benzene rings is 2. The van der Waals surface area contributed by atoms with Crippen molar-refractivity contribution in [2.24, 2.45) is 0 Å². The number of halogens is 2. The molecule has 0 bridgehead atoms. The monoisotopic (exact) mass is 404 g/mol. The molecule has 1 amide bonds. The lowest BCUT2D eigenvalue weighted by atomic mass is 10.1. The Morgan fingerprint density at radius 2 is 1.69 bits per heavy atom. The zero-order valence-corrected chi connectivity index (χ0v) is 15.7. The van der Waals surface area contributed by atoms with Crippen molar-refractivity contribution in [3.8, 4) is 0 Å². The first-order valence-corrected chi connectivity index (χ1v) is 9.33. The maximum atomic E-state index is 12.9. The molecule has 0 unspecified atom stereocenters. The zero-order valence-electron chi connectivity index (χ0n) is 13.4. The number of rotatable bonds is 6.